The van der Waals surface area contributed by atoms with Crippen LogP contribution in [0.5, 0.6) is 0 Å². The van der Waals surface area contributed by atoms with Gasteiger partial charge in [-0.2, -0.15) is 5.06 Å². The molecule has 8 atom stereocenters. The standard InChI is InChI=1S/C48H69N3O14/c1-8-10-12-22-47(23-13-11-9-2)63-37-33-26-48(44(58)49-24-21-34(53)50-32(28-52)18-20-36(55)62-45(3,4)5)39(42(56)60-33)51(65-40(48)38(37)64-47)27-31-16-14-15-30(25-31)17-19-35(54)61-41-43(57)59-29-46(41,6)7/h14-17,19,25,32-33,37-41,52H,8-13,18,20-24,26-29H2,1-7H3,(H,49,58)(H,50,53)/t32-,33+,37-,38-,39+,40+,41-,48+/m0/s1. The molecule has 1 aromatic rings. The molecule has 1 aromatic carbocycles. The van der Waals surface area contributed by atoms with Crippen molar-refractivity contribution in [3.63, 3.8) is 0 Å². The minimum atomic E-state index is -1.48. The molecule has 0 spiro atoms. The zero-order valence-electron chi connectivity index (χ0n) is 39.0. The molecule has 0 unspecified atom stereocenters. The number of benzene rings is 1. The number of carbonyl (C=O) groups is 6. The summed E-state index contributed by atoms with van der Waals surface area (Å²) in [5.74, 6) is -4.27. The van der Waals surface area contributed by atoms with E-state index in [1.165, 1.54) is 11.1 Å². The third kappa shape index (κ3) is 11.8. The minimum Gasteiger partial charge on any atom is -0.462 e. The number of hydroxylamine groups is 2. The second kappa shape index (κ2) is 21.0. The summed E-state index contributed by atoms with van der Waals surface area (Å²) in [6.45, 7) is 12.8. The lowest BCUT2D eigenvalue weighted by Crippen LogP contribution is -2.69. The van der Waals surface area contributed by atoms with Gasteiger partial charge in [-0.1, -0.05) is 77.6 Å². The summed E-state index contributed by atoms with van der Waals surface area (Å²) in [7, 11) is 0. The maximum Gasteiger partial charge on any atom is 0.348 e. The lowest BCUT2D eigenvalue weighted by molar-refractivity contribution is -0.224. The molecule has 0 aromatic heterocycles. The Hall–Kier alpha value is -4.42. The van der Waals surface area contributed by atoms with E-state index in [-0.39, 0.29) is 45.4 Å². The van der Waals surface area contributed by atoms with Crippen molar-refractivity contribution in [2.75, 3.05) is 19.8 Å². The smallest absolute Gasteiger partial charge is 0.348 e. The molecule has 5 fully saturated rings. The van der Waals surface area contributed by atoms with Crippen LogP contribution in [0.2, 0.25) is 0 Å². The van der Waals surface area contributed by atoms with Gasteiger partial charge in [0, 0.05) is 50.1 Å². The maximum atomic E-state index is 14.8. The number of carbonyl (C=O) groups excluding carboxylic acids is 6. The van der Waals surface area contributed by atoms with Gasteiger partial charge in [0.05, 0.1) is 19.2 Å². The summed E-state index contributed by atoms with van der Waals surface area (Å²) < 4.78 is 35.9. The first-order valence-corrected chi connectivity index (χ1v) is 23.4. The third-order valence-electron chi connectivity index (χ3n) is 12.8. The molecule has 1 saturated carbocycles. The van der Waals surface area contributed by atoms with E-state index in [9.17, 15) is 33.9 Å². The monoisotopic (exact) mass is 911 g/mol. The SMILES string of the molecule is CCCCCC1(CCCCC)O[C@@H]2[C@H](O1)[C@H]1ON(Cc3cccc(C=CC(=O)O[C@H]4C(=O)OCC4(C)C)c3)[C@@H]3C(=O)O[C@@H]2C[C@]13C(=O)NCCC(=O)N[C@H](CO)CCC(=O)OC(C)(C)C. The molecular weight excluding hydrogens is 843 g/mol. The first-order valence-electron chi connectivity index (χ1n) is 23.4. The maximum absolute atomic E-state index is 14.8. The molecule has 65 heavy (non-hydrogen) atoms. The number of unbranched alkanes of at least 4 members (excludes halogenated alkanes) is 4. The summed E-state index contributed by atoms with van der Waals surface area (Å²) in [5, 5.41) is 17.1. The summed E-state index contributed by atoms with van der Waals surface area (Å²) in [5.41, 5.74) is -1.48. The molecule has 4 saturated heterocycles. The van der Waals surface area contributed by atoms with Crippen LogP contribution in [0.3, 0.4) is 0 Å². The Balaban J connectivity index is 1.20. The van der Waals surface area contributed by atoms with Gasteiger partial charge in [-0.25, -0.2) is 9.59 Å². The number of cyclic esters (lactones) is 1. The van der Waals surface area contributed by atoms with E-state index in [4.69, 9.17) is 33.3 Å². The number of ether oxygens (including phenoxy) is 6. The Labute approximate surface area is 381 Å². The number of aliphatic hydroxyl groups is 1. The summed E-state index contributed by atoms with van der Waals surface area (Å²) in [6, 6.07) is 5.32. The van der Waals surface area contributed by atoms with Crippen LogP contribution in [0.1, 0.15) is 137 Å². The van der Waals surface area contributed by atoms with Crippen LogP contribution in [-0.2, 0) is 68.6 Å². The highest BCUT2D eigenvalue weighted by Gasteiger charge is 2.76. The van der Waals surface area contributed by atoms with E-state index in [0.29, 0.717) is 24.0 Å². The van der Waals surface area contributed by atoms with Crippen LogP contribution >= 0.6 is 0 Å². The van der Waals surface area contributed by atoms with Crippen molar-refractivity contribution in [2.24, 2.45) is 10.8 Å². The number of aliphatic hydroxyl groups excluding tert-OH is 1. The summed E-state index contributed by atoms with van der Waals surface area (Å²) in [6.07, 6.45) is 5.69. The third-order valence-corrected chi connectivity index (χ3v) is 12.8. The molecule has 1 aliphatic carbocycles. The highest BCUT2D eigenvalue weighted by Crippen LogP contribution is 2.58. The largest absolute Gasteiger partial charge is 0.462 e. The molecular formula is C48H69N3O14. The molecule has 2 amide bonds. The Bertz CT molecular complexity index is 1920. The number of nitrogens with zero attached hydrogens (tertiary/aromatic N) is 1. The van der Waals surface area contributed by atoms with Crippen molar-refractivity contribution in [3.8, 4) is 0 Å². The highest BCUT2D eigenvalue weighted by molar-refractivity contribution is 5.94. The lowest BCUT2D eigenvalue weighted by atomic mass is 9.62. The molecule has 17 heteroatoms. The Morgan fingerprint density at radius 2 is 1.69 bits per heavy atom. The number of esters is 4. The van der Waals surface area contributed by atoms with Crippen LogP contribution < -0.4 is 10.6 Å². The van der Waals surface area contributed by atoms with Crippen molar-refractivity contribution in [3.05, 3.63) is 41.5 Å². The second-order valence-electron chi connectivity index (χ2n) is 19.8. The molecule has 3 N–H and O–H groups in total. The fourth-order valence-electron chi connectivity index (χ4n) is 9.57. The Morgan fingerprint density at radius 3 is 2.34 bits per heavy atom. The topological polar surface area (TPSA) is 215 Å². The molecule has 0 radical (unpaired) electrons. The number of rotatable bonds is 22. The van der Waals surface area contributed by atoms with Gasteiger partial charge in [0.15, 0.2) is 11.8 Å². The van der Waals surface area contributed by atoms with Crippen LogP contribution in [0.25, 0.3) is 6.08 Å². The predicted molar refractivity (Wildman–Crippen MR) is 234 cm³/mol. The van der Waals surface area contributed by atoms with Gasteiger partial charge < -0.3 is 44.2 Å². The molecule has 2 bridgehead atoms. The number of hydrogen-bond donors (Lipinski definition) is 3. The average molecular weight is 912 g/mol. The first kappa shape index (κ1) is 50.0. The lowest BCUT2D eigenvalue weighted by Gasteiger charge is -2.48. The predicted octanol–water partition coefficient (Wildman–Crippen LogP) is 4.74. The Kier molecular flexibility index (Phi) is 16.2. The second-order valence-corrected chi connectivity index (χ2v) is 19.8. The van der Waals surface area contributed by atoms with Gasteiger partial charge in [-0.05, 0) is 57.2 Å². The fraction of sp³-hybridized carbons (Fsp3) is 0.708. The average Bonchev–Trinajstić information content (AvgIpc) is 3.88. The molecule has 17 nitrogen and oxygen atoms in total. The van der Waals surface area contributed by atoms with E-state index in [0.717, 1.165) is 38.5 Å². The van der Waals surface area contributed by atoms with E-state index in [1.807, 2.05) is 12.1 Å². The van der Waals surface area contributed by atoms with Crippen molar-refractivity contribution < 1.29 is 67.1 Å². The van der Waals surface area contributed by atoms with E-state index in [2.05, 4.69) is 24.5 Å². The summed E-state index contributed by atoms with van der Waals surface area (Å²) >= 11 is 0. The van der Waals surface area contributed by atoms with Crippen LogP contribution in [0.4, 0.5) is 0 Å². The zero-order chi connectivity index (χ0) is 47.2. The number of nitrogens with one attached hydrogen (secondary N) is 2. The van der Waals surface area contributed by atoms with Gasteiger partial charge in [-0.15, -0.1) is 0 Å². The van der Waals surface area contributed by atoms with Crippen molar-refractivity contribution in [2.45, 2.75) is 186 Å². The van der Waals surface area contributed by atoms with E-state index >= 15 is 0 Å². The Morgan fingerprint density at radius 1 is 0.985 bits per heavy atom. The van der Waals surface area contributed by atoms with Gasteiger partial charge in [-0.3, -0.25) is 24.0 Å². The van der Waals surface area contributed by atoms with E-state index in [1.54, 1.807) is 52.8 Å². The van der Waals surface area contributed by atoms with Crippen molar-refractivity contribution in [1.82, 2.24) is 15.7 Å². The minimum absolute atomic E-state index is 0.000990. The molecule has 4 aliphatic heterocycles. The quantitative estimate of drug-likeness (QED) is 0.0620. The van der Waals surface area contributed by atoms with E-state index < -0.39 is 107 Å². The molecule has 5 aliphatic rings. The normalized spacial score (nSPS) is 28.0. The molecule has 4 heterocycles. The van der Waals surface area contributed by atoms with Gasteiger partial charge in [0.2, 0.25) is 17.9 Å². The fourth-order valence-corrected chi connectivity index (χ4v) is 9.57. The number of fused-ring (bicyclic) bond motifs is 4. The zero-order valence-corrected chi connectivity index (χ0v) is 39.0. The van der Waals surface area contributed by atoms with Gasteiger partial charge in [0.1, 0.15) is 42.0 Å². The number of hydrogen-bond acceptors (Lipinski definition) is 15. The van der Waals surface area contributed by atoms with Gasteiger partial charge in [0.25, 0.3) is 0 Å². The van der Waals surface area contributed by atoms with Crippen LogP contribution in [0.15, 0.2) is 30.3 Å². The molecule has 360 valence electrons. The summed E-state index contributed by atoms with van der Waals surface area (Å²) in [4.78, 5) is 86.2. The van der Waals surface area contributed by atoms with Crippen molar-refractivity contribution >= 4 is 41.8 Å². The number of amides is 2. The van der Waals surface area contributed by atoms with Crippen molar-refractivity contribution in [1.29, 1.82) is 0 Å². The van der Waals surface area contributed by atoms with Gasteiger partial charge >= 0.3 is 23.9 Å². The van der Waals surface area contributed by atoms with Crippen LogP contribution in [0, 0.1) is 10.8 Å². The van der Waals surface area contributed by atoms with Crippen LogP contribution in [-0.4, -0.2) is 120 Å². The molecule has 6 rings (SSSR count). The first-order chi connectivity index (χ1) is 30.8. The highest BCUT2D eigenvalue weighted by atomic mass is 16.8.